The van der Waals surface area contributed by atoms with Gasteiger partial charge in [-0.25, -0.2) is 0 Å². The number of amides is 1. The summed E-state index contributed by atoms with van der Waals surface area (Å²) in [5.41, 5.74) is 5.77. The van der Waals surface area contributed by atoms with Crippen molar-refractivity contribution in [1.29, 1.82) is 0 Å². The molecule has 1 aliphatic heterocycles. The maximum Gasteiger partial charge on any atom is 0.252 e. The van der Waals surface area contributed by atoms with E-state index in [0.29, 0.717) is 11.3 Å². The van der Waals surface area contributed by atoms with Crippen LogP contribution in [0.15, 0.2) is 22.7 Å². The Morgan fingerprint density at radius 2 is 2.12 bits per heavy atom. The molecule has 5 heteroatoms. The molecule has 0 unspecified atom stereocenters. The van der Waals surface area contributed by atoms with E-state index >= 15 is 0 Å². The second kappa shape index (κ2) is 5.51. The Morgan fingerprint density at radius 3 is 2.76 bits per heavy atom. The summed E-state index contributed by atoms with van der Waals surface area (Å²) in [6.07, 6.45) is 2.07. The fourth-order valence-electron chi connectivity index (χ4n) is 1.89. The van der Waals surface area contributed by atoms with E-state index in [-0.39, 0.29) is 6.10 Å². The maximum atomic E-state index is 11.3. The second-order valence-electron chi connectivity index (χ2n) is 4.07. The lowest BCUT2D eigenvalue weighted by atomic mass is 10.1. The number of piperidine rings is 1. The largest absolute Gasteiger partial charge is 0.489 e. The van der Waals surface area contributed by atoms with E-state index < -0.39 is 5.91 Å². The molecule has 17 heavy (non-hydrogen) atoms. The van der Waals surface area contributed by atoms with E-state index in [1.165, 1.54) is 0 Å². The van der Waals surface area contributed by atoms with Gasteiger partial charge in [-0.3, -0.25) is 4.79 Å². The molecule has 2 rings (SSSR count). The fourth-order valence-corrected chi connectivity index (χ4v) is 2.25. The predicted molar refractivity (Wildman–Crippen MR) is 69.2 cm³/mol. The molecule has 1 fully saturated rings. The number of nitrogens with two attached hydrogens (primary N) is 1. The first-order chi connectivity index (χ1) is 8.16. The zero-order chi connectivity index (χ0) is 12.3. The second-order valence-corrected chi connectivity index (χ2v) is 4.99. The highest BCUT2D eigenvalue weighted by Gasteiger charge is 2.17. The first kappa shape index (κ1) is 12.4. The van der Waals surface area contributed by atoms with E-state index in [1.54, 1.807) is 12.1 Å². The standard InChI is InChI=1S/C12H15BrN2O2/c13-8-1-2-11(10(7-8)12(14)16)17-9-3-5-15-6-4-9/h1-2,7,9,15H,3-6H2,(H2,14,16). The summed E-state index contributed by atoms with van der Waals surface area (Å²) in [6.45, 7) is 1.90. The van der Waals surface area contributed by atoms with Gasteiger partial charge in [-0.15, -0.1) is 0 Å². The Morgan fingerprint density at radius 1 is 1.41 bits per heavy atom. The normalized spacial score (nSPS) is 16.8. The van der Waals surface area contributed by atoms with E-state index in [1.807, 2.05) is 6.07 Å². The van der Waals surface area contributed by atoms with Gasteiger partial charge >= 0.3 is 0 Å². The third-order valence-electron chi connectivity index (χ3n) is 2.79. The van der Waals surface area contributed by atoms with Crippen LogP contribution in [0.2, 0.25) is 0 Å². The number of hydrogen-bond donors (Lipinski definition) is 2. The van der Waals surface area contributed by atoms with E-state index in [2.05, 4.69) is 21.2 Å². The fraction of sp³-hybridized carbons (Fsp3) is 0.417. The van der Waals surface area contributed by atoms with Crippen molar-refractivity contribution in [3.8, 4) is 5.75 Å². The summed E-state index contributed by atoms with van der Waals surface area (Å²) >= 11 is 3.32. The lowest BCUT2D eigenvalue weighted by Crippen LogP contribution is -2.34. The smallest absolute Gasteiger partial charge is 0.252 e. The van der Waals surface area contributed by atoms with Crippen molar-refractivity contribution in [1.82, 2.24) is 5.32 Å². The number of ether oxygens (including phenoxy) is 1. The molecule has 0 radical (unpaired) electrons. The third kappa shape index (κ3) is 3.20. The molecular formula is C12H15BrN2O2. The van der Waals surface area contributed by atoms with Gasteiger partial charge in [0, 0.05) is 4.47 Å². The molecule has 4 nitrogen and oxygen atoms in total. The van der Waals surface area contributed by atoms with Crippen LogP contribution in [0.25, 0.3) is 0 Å². The molecule has 1 amide bonds. The zero-order valence-corrected chi connectivity index (χ0v) is 11.0. The quantitative estimate of drug-likeness (QED) is 0.892. The van der Waals surface area contributed by atoms with E-state index in [9.17, 15) is 4.79 Å². The third-order valence-corrected chi connectivity index (χ3v) is 3.28. The highest BCUT2D eigenvalue weighted by Crippen LogP contribution is 2.25. The molecule has 1 aliphatic rings. The van der Waals surface area contributed by atoms with Crippen molar-refractivity contribution in [2.24, 2.45) is 5.73 Å². The summed E-state index contributed by atoms with van der Waals surface area (Å²) in [4.78, 5) is 11.3. The first-order valence-electron chi connectivity index (χ1n) is 5.63. The summed E-state index contributed by atoms with van der Waals surface area (Å²) in [5.74, 6) is 0.114. The predicted octanol–water partition coefficient (Wildman–Crippen LogP) is 1.68. The zero-order valence-electron chi connectivity index (χ0n) is 9.41. The lowest BCUT2D eigenvalue weighted by molar-refractivity contribution is 0.0989. The van der Waals surface area contributed by atoms with Crippen molar-refractivity contribution in [3.05, 3.63) is 28.2 Å². The van der Waals surface area contributed by atoms with Crippen LogP contribution in [-0.4, -0.2) is 25.1 Å². The van der Waals surface area contributed by atoms with Crippen molar-refractivity contribution in [3.63, 3.8) is 0 Å². The SMILES string of the molecule is NC(=O)c1cc(Br)ccc1OC1CCNCC1. The number of carbonyl (C=O) groups excluding carboxylic acids is 1. The minimum absolute atomic E-state index is 0.163. The highest BCUT2D eigenvalue weighted by atomic mass is 79.9. The summed E-state index contributed by atoms with van der Waals surface area (Å²) in [7, 11) is 0. The number of nitrogens with one attached hydrogen (secondary N) is 1. The highest BCUT2D eigenvalue weighted by molar-refractivity contribution is 9.10. The number of rotatable bonds is 3. The van der Waals surface area contributed by atoms with Crippen LogP contribution >= 0.6 is 15.9 Å². The molecule has 0 aromatic heterocycles. The molecule has 0 atom stereocenters. The average Bonchev–Trinajstić information content (AvgIpc) is 2.32. The van der Waals surface area contributed by atoms with Crippen molar-refractivity contribution in [2.45, 2.75) is 18.9 Å². The minimum atomic E-state index is -0.463. The molecule has 0 bridgehead atoms. The Balaban J connectivity index is 2.16. The summed E-state index contributed by atoms with van der Waals surface area (Å²) in [5, 5.41) is 3.27. The topological polar surface area (TPSA) is 64.4 Å². The monoisotopic (exact) mass is 298 g/mol. The molecule has 1 saturated heterocycles. The number of halogens is 1. The Kier molecular flexibility index (Phi) is 4.02. The van der Waals surface area contributed by atoms with Gasteiger partial charge in [0.1, 0.15) is 11.9 Å². The molecule has 1 aromatic carbocycles. The van der Waals surface area contributed by atoms with Gasteiger partial charge in [-0.1, -0.05) is 15.9 Å². The molecule has 3 N–H and O–H groups in total. The van der Waals surface area contributed by atoms with Crippen LogP contribution in [0.4, 0.5) is 0 Å². The van der Waals surface area contributed by atoms with Gasteiger partial charge < -0.3 is 15.8 Å². The molecular weight excluding hydrogens is 284 g/mol. The molecule has 0 aliphatic carbocycles. The number of benzene rings is 1. The van der Waals surface area contributed by atoms with Crippen LogP contribution < -0.4 is 15.8 Å². The van der Waals surface area contributed by atoms with Crippen molar-refractivity contribution >= 4 is 21.8 Å². The Labute approximate surface area is 109 Å². The number of carbonyl (C=O) groups is 1. The van der Waals surface area contributed by atoms with Crippen molar-refractivity contribution < 1.29 is 9.53 Å². The molecule has 0 saturated carbocycles. The van der Waals surface area contributed by atoms with Gasteiger partial charge in [0.2, 0.25) is 0 Å². The number of hydrogen-bond acceptors (Lipinski definition) is 3. The van der Waals surface area contributed by atoms with E-state index in [0.717, 1.165) is 30.4 Å². The Hall–Kier alpha value is -1.07. The van der Waals surface area contributed by atoms with Gasteiger partial charge in [0.15, 0.2) is 0 Å². The van der Waals surface area contributed by atoms with Crippen LogP contribution in [0.5, 0.6) is 5.75 Å². The number of primary amides is 1. The van der Waals surface area contributed by atoms with Gasteiger partial charge in [0.05, 0.1) is 5.56 Å². The molecule has 92 valence electrons. The summed E-state index contributed by atoms with van der Waals surface area (Å²) in [6, 6.07) is 5.33. The van der Waals surface area contributed by atoms with Gasteiger partial charge in [0.25, 0.3) is 5.91 Å². The first-order valence-corrected chi connectivity index (χ1v) is 6.43. The average molecular weight is 299 g/mol. The van der Waals surface area contributed by atoms with Crippen LogP contribution in [-0.2, 0) is 0 Å². The lowest BCUT2D eigenvalue weighted by Gasteiger charge is -2.24. The van der Waals surface area contributed by atoms with Crippen LogP contribution in [0.1, 0.15) is 23.2 Å². The Bertz CT molecular complexity index is 417. The molecule has 1 heterocycles. The maximum absolute atomic E-state index is 11.3. The van der Waals surface area contributed by atoms with Crippen LogP contribution in [0, 0.1) is 0 Å². The van der Waals surface area contributed by atoms with Gasteiger partial charge in [-0.05, 0) is 44.1 Å². The van der Waals surface area contributed by atoms with Crippen LogP contribution in [0.3, 0.4) is 0 Å². The molecule has 1 aromatic rings. The van der Waals surface area contributed by atoms with Crippen molar-refractivity contribution in [2.75, 3.05) is 13.1 Å². The van der Waals surface area contributed by atoms with E-state index in [4.69, 9.17) is 10.5 Å². The van der Waals surface area contributed by atoms with Gasteiger partial charge in [-0.2, -0.15) is 0 Å². The summed E-state index contributed by atoms with van der Waals surface area (Å²) < 4.78 is 6.66. The molecule has 0 spiro atoms. The minimum Gasteiger partial charge on any atom is -0.489 e.